The van der Waals surface area contributed by atoms with Gasteiger partial charge in [-0.05, 0) is 42.3 Å². The molecule has 4 heteroatoms. The average molecular weight is 323 g/mol. The van der Waals surface area contributed by atoms with Crippen molar-refractivity contribution in [2.75, 3.05) is 0 Å². The number of hydrogen-bond acceptors (Lipinski definition) is 2. The van der Waals surface area contributed by atoms with Crippen molar-refractivity contribution in [3.8, 4) is 5.69 Å². The lowest BCUT2D eigenvalue weighted by Crippen LogP contribution is -2.08. The highest BCUT2D eigenvalue weighted by molar-refractivity contribution is 8.00. The van der Waals surface area contributed by atoms with Crippen molar-refractivity contribution in [1.82, 2.24) is 4.57 Å². The highest BCUT2D eigenvalue weighted by atomic mass is 32.2. The number of aromatic nitrogens is 1. The quantitative estimate of drug-likeness (QED) is 0.692. The van der Waals surface area contributed by atoms with Crippen LogP contribution in [0.1, 0.15) is 16.4 Å². The van der Waals surface area contributed by atoms with Crippen LogP contribution >= 0.6 is 11.8 Å². The maximum Gasteiger partial charge on any atom is 0.321 e. The van der Waals surface area contributed by atoms with E-state index in [9.17, 15) is 9.90 Å². The Balaban J connectivity index is 2.01. The molecule has 1 aromatic heterocycles. The van der Waals surface area contributed by atoms with Gasteiger partial charge in [0, 0.05) is 17.3 Å². The minimum Gasteiger partial charge on any atom is -0.480 e. The van der Waals surface area contributed by atoms with Gasteiger partial charge >= 0.3 is 5.97 Å². The summed E-state index contributed by atoms with van der Waals surface area (Å²) in [5, 5.41) is 9.02. The predicted molar refractivity (Wildman–Crippen MR) is 93.2 cm³/mol. The SMILES string of the molecule is Cc1ccc(-n2cccc2)c(S[C@H](C(=O)O)c2ccccc2)c1. The molecule has 3 aromatic rings. The number of hydrogen-bond donors (Lipinski definition) is 1. The molecule has 0 spiro atoms. The molecular weight excluding hydrogens is 306 g/mol. The number of nitrogens with zero attached hydrogens (tertiary/aromatic N) is 1. The molecular formula is C19H17NO2S. The first-order valence-electron chi connectivity index (χ1n) is 7.33. The first kappa shape index (κ1) is 15.4. The van der Waals surface area contributed by atoms with Crippen LogP contribution < -0.4 is 0 Å². The molecule has 0 aliphatic heterocycles. The van der Waals surface area contributed by atoms with Crippen LogP contribution in [0.4, 0.5) is 0 Å². The molecule has 2 aromatic carbocycles. The lowest BCUT2D eigenvalue weighted by molar-refractivity contribution is -0.136. The van der Waals surface area contributed by atoms with Gasteiger partial charge in [0.1, 0.15) is 5.25 Å². The largest absolute Gasteiger partial charge is 0.480 e. The van der Waals surface area contributed by atoms with E-state index in [1.165, 1.54) is 11.8 Å². The van der Waals surface area contributed by atoms with Crippen molar-refractivity contribution in [3.05, 3.63) is 84.2 Å². The Morgan fingerprint density at radius 3 is 2.39 bits per heavy atom. The minimum absolute atomic E-state index is 0.632. The lowest BCUT2D eigenvalue weighted by Gasteiger charge is -2.16. The zero-order valence-corrected chi connectivity index (χ0v) is 13.5. The first-order chi connectivity index (χ1) is 11.1. The van der Waals surface area contributed by atoms with Crippen molar-refractivity contribution < 1.29 is 9.90 Å². The number of carbonyl (C=O) groups is 1. The normalized spacial score (nSPS) is 12.0. The zero-order valence-electron chi connectivity index (χ0n) is 12.7. The lowest BCUT2D eigenvalue weighted by atomic mass is 10.1. The third-order valence-electron chi connectivity index (χ3n) is 3.57. The average Bonchev–Trinajstić information content (AvgIpc) is 3.07. The fourth-order valence-electron chi connectivity index (χ4n) is 2.44. The standard InChI is InChI=1S/C19H17NO2S/c1-14-9-10-16(20-11-5-6-12-20)17(13-14)23-18(19(21)22)15-7-3-2-4-8-15/h2-13,18H,1H3,(H,21,22)/t18-/m0/s1. The number of rotatable bonds is 5. The first-order valence-corrected chi connectivity index (χ1v) is 8.21. The Labute approximate surface area is 139 Å². The van der Waals surface area contributed by atoms with Gasteiger partial charge < -0.3 is 9.67 Å². The summed E-state index contributed by atoms with van der Waals surface area (Å²) in [6, 6.07) is 19.4. The van der Waals surface area contributed by atoms with Crippen molar-refractivity contribution in [2.24, 2.45) is 0 Å². The molecule has 0 aliphatic carbocycles. The Morgan fingerprint density at radius 1 is 1.04 bits per heavy atom. The highest BCUT2D eigenvalue weighted by Gasteiger charge is 2.22. The van der Waals surface area contributed by atoms with Crippen LogP contribution in [0.2, 0.25) is 0 Å². The maximum atomic E-state index is 11.8. The van der Waals surface area contributed by atoms with Crippen LogP contribution in [-0.4, -0.2) is 15.6 Å². The fraction of sp³-hybridized carbons (Fsp3) is 0.105. The van der Waals surface area contributed by atoms with Crippen LogP contribution in [0.25, 0.3) is 5.69 Å². The van der Waals surface area contributed by atoms with E-state index in [0.29, 0.717) is 0 Å². The molecule has 0 fully saturated rings. The molecule has 1 atom stereocenters. The van der Waals surface area contributed by atoms with Crippen LogP contribution in [-0.2, 0) is 4.79 Å². The number of thioether (sulfide) groups is 1. The zero-order chi connectivity index (χ0) is 16.2. The van der Waals surface area contributed by atoms with Gasteiger partial charge in [-0.3, -0.25) is 4.79 Å². The molecule has 0 radical (unpaired) electrons. The Morgan fingerprint density at radius 2 is 1.74 bits per heavy atom. The van der Waals surface area contributed by atoms with Crippen LogP contribution in [0, 0.1) is 6.92 Å². The number of carboxylic acids is 1. The van der Waals surface area contributed by atoms with Crippen molar-refractivity contribution in [3.63, 3.8) is 0 Å². The van der Waals surface area contributed by atoms with Gasteiger partial charge in [-0.25, -0.2) is 0 Å². The molecule has 3 rings (SSSR count). The van der Waals surface area contributed by atoms with Crippen molar-refractivity contribution in [1.29, 1.82) is 0 Å². The van der Waals surface area contributed by atoms with E-state index in [-0.39, 0.29) is 0 Å². The van der Waals surface area contributed by atoms with E-state index in [1.807, 2.05) is 84.5 Å². The number of aryl methyl sites for hydroxylation is 1. The fourth-order valence-corrected chi connectivity index (χ4v) is 3.64. The van der Waals surface area contributed by atoms with E-state index >= 15 is 0 Å². The Bertz CT molecular complexity index is 798. The summed E-state index contributed by atoms with van der Waals surface area (Å²) in [4.78, 5) is 12.7. The van der Waals surface area contributed by atoms with Gasteiger partial charge in [-0.2, -0.15) is 0 Å². The van der Waals surface area contributed by atoms with E-state index in [2.05, 4.69) is 0 Å². The van der Waals surface area contributed by atoms with Crippen molar-refractivity contribution >= 4 is 17.7 Å². The van der Waals surface area contributed by atoms with Crippen LogP contribution in [0.15, 0.2) is 78.0 Å². The molecule has 0 bridgehead atoms. The van der Waals surface area contributed by atoms with E-state index in [0.717, 1.165) is 21.7 Å². The van der Waals surface area contributed by atoms with E-state index in [1.54, 1.807) is 0 Å². The summed E-state index contributed by atoms with van der Waals surface area (Å²) < 4.78 is 2.01. The molecule has 0 amide bonds. The second kappa shape index (κ2) is 6.75. The molecule has 0 saturated heterocycles. The van der Waals surface area contributed by atoms with Gasteiger partial charge in [-0.15, -0.1) is 11.8 Å². The summed E-state index contributed by atoms with van der Waals surface area (Å²) >= 11 is 1.37. The summed E-state index contributed by atoms with van der Waals surface area (Å²) in [6.45, 7) is 2.02. The summed E-state index contributed by atoms with van der Waals surface area (Å²) in [5.41, 5.74) is 2.90. The second-order valence-corrected chi connectivity index (χ2v) is 6.46. The van der Waals surface area contributed by atoms with E-state index in [4.69, 9.17) is 0 Å². The number of aliphatic carboxylic acids is 1. The molecule has 1 heterocycles. The van der Waals surface area contributed by atoms with Gasteiger partial charge in [0.25, 0.3) is 0 Å². The van der Waals surface area contributed by atoms with Crippen molar-refractivity contribution in [2.45, 2.75) is 17.1 Å². The summed E-state index contributed by atoms with van der Waals surface area (Å²) in [5.74, 6) is -0.832. The molecule has 0 aliphatic rings. The predicted octanol–water partition coefficient (Wildman–Crippen LogP) is 4.70. The second-order valence-electron chi connectivity index (χ2n) is 5.31. The van der Waals surface area contributed by atoms with Gasteiger partial charge in [0.2, 0.25) is 0 Å². The number of benzene rings is 2. The molecule has 0 saturated carbocycles. The molecule has 23 heavy (non-hydrogen) atoms. The van der Waals surface area contributed by atoms with Gasteiger partial charge in [0.05, 0.1) is 5.69 Å². The number of carboxylic acid groups (broad SMARTS) is 1. The Hall–Kier alpha value is -2.46. The topological polar surface area (TPSA) is 42.2 Å². The monoisotopic (exact) mass is 323 g/mol. The van der Waals surface area contributed by atoms with E-state index < -0.39 is 11.2 Å². The summed E-state index contributed by atoms with van der Waals surface area (Å²) in [6.07, 6.45) is 3.93. The highest BCUT2D eigenvalue weighted by Crippen LogP contribution is 2.39. The third-order valence-corrected chi connectivity index (χ3v) is 4.86. The molecule has 0 unspecified atom stereocenters. The van der Waals surface area contributed by atoms with Gasteiger partial charge in [0.15, 0.2) is 0 Å². The maximum absolute atomic E-state index is 11.8. The molecule has 1 N–H and O–H groups in total. The molecule has 116 valence electrons. The molecule has 3 nitrogen and oxygen atoms in total. The van der Waals surface area contributed by atoms with Crippen LogP contribution in [0.3, 0.4) is 0 Å². The smallest absolute Gasteiger partial charge is 0.321 e. The van der Waals surface area contributed by atoms with Crippen LogP contribution in [0.5, 0.6) is 0 Å². The minimum atomic E-state index is -0.832. The van der Waals surface area contributed by atoms with Gasteiger partial charge in [-0.1, -0.05) is 36.4 Å². The Kier molecular flexibility index (Phi) is 4.53. The third kappa shape index (κ3) is 3.48. The summed E-state index contributed by atoms with van der Waals surface area (Å²) in [7, 11) is 0.